The second-order valence-corrected chi connectivity index (χ2v) is 5.95. The number of likely N-dealkylation sites (N-methyl/N-ethyl adjacent to an activating group) is 1. The number of hydrogen-bond donors (Lipinski definition) is 1. The van der Waals surface area contributed by atoms with Crippen LogP contribution < -0.4 is 5.73 Å². The van der Waals surface area contributed by atoms with Crippen molar-refractivity contribution in [2.24, 2.45) is 11.7 Å². The lowest BCUT2D eigenvalue weighted by Crippen LogP contribution is -2.54. The molecule has 18 heavy (non-hydrogen) atoms. The second kappa shape index (κ2) is 6.02. The first-order valence-electron chi connectivity index (χ1n) is 7.36. The van der Waals surface area contributed by atoms with Gasteiger partial charge in [0.05, 0.1) is 0 Å². The van der Waals surface area contributed by atoms with E-state index in [2.05, 4.69) is 23.8 Å². The summed E-state index contributed by atoms with van der Waals surface area (Å²) in [5.41, 5.74) is 5.99. The van der Waals surface area contributed by atoms with E-state index >= 15 is 0 Å². The number of rotatable bonds is 2. The van der Waals surface area contributed by atoms with E-state index in [0.717, 1.165) is 51.7 Å². The minimum absolute atomic E-state index is 0.190. The quantitative estimate of drug-likeness (QED) is 0.800. The van der Waals surface area contributed by atoms with Gasteiger partial charge in [0.25, 0.3) is 0 Å². The van der Waals surface area contributed by atoms with Gasteiger partial charge in [-0.25, -0.2) is 0 Å². The lowest BCUT2D eigenvalue weighted by molar-refractivity contribution is -0.139. The van der Waals surface area contributed by atoms with Crippen LogP contribution in [0, 0.1) is 5.92 Å². The predicted octanol–water partition coefficient (Wildman–Crippen LogP) is 1.06. The first-order valence-corrected chi connectivity index (χ1v) is 7.36. The molecule has 0 aromatic rings. The topological polar surface area (TPSA) is 49.6 Å². The van der Waals surface area contributed by atoms with Crippen molar-refractivity contribution >= 4 is 5.91 Å². The summed E-state index contributed by atoms with van der Waals surface area (Å²) >= 11 is 0. The van der Waals surface area contributed by atoms with Crippen LogP contribution in [-0.2, 0) is 4.79 Å². The van der Waals surface area contributed by atoms with Crippen molar-refractivity contribution in [3.05, 3.63) is 0 Å². The molecule has 0 bridgehead atoms. The Morgan fingerprint density at radius 3 is 2.78 bits per heavy atom. The summed E-state index contributed by atoms with van der Waals surface area (Å²) in [6, 6.07) is 0.766. The largest absolute Gasteiger partial charge is 0.340 e. The molecule has 3 unspecified atom stereocenters. The molecular weight excluding hydrogens is 226 g/mol. The zero-order valence-corrected chi connectivity index (χ0v) is 11.8. The first kappa shape index (κ1) is 13.8. The molecule has 0 spiro atoms. The molecule has 0 radical (unpaired) electrons. The average Bonchev–Trinajstić information content (AvgIpc) is 2.38. The molecule has 0 aromatic carbocycles. The van der Waals surface area contributed by atoms with E-state index < -0.39 is 0 Å². The molecule has 2 N–H and O–H groups in total. The molecule has 1 saturated carbocycles. The highest BCUT2D eigenvalue weighted by atomic mass is 16.2. The van der Waals surface area contributed by atoms with E-state index in [4.69, 9.17) is 5.73 Å². The van der Waals surface area contributed by atoms with Crippen molar-refractivity contribution in [1.82, 2.24) is 9.80 Å². The molecule has 1 aliphatic heterocycles. The van der Waals surface area contributed by atoms with Crippen LogP contribution in [0.25, 0.3) is 0 Å². The van der Waals surface area contributed by atoms with E-state index in [1.54, 1.807) is 0 Å². The fourth-order valence-electron chi connectivity index (χ4n) is 3.30. The molecule has 3 atom stereocenters. The molecule has 2 fully saturated rings. The molecule has 2 rings (SSSR count). The third-order valence-corrected chi connectivity index (χ3v) is 4.62. The number of piperazine rings is 1. The zero-order valence-electron chi connectivity index (χ0n) is 11.8. The predicted molar refractivity (Wildman–Crippen MR) is 73.2 cm³/mol. The highest BCUT2D eigenvalue weighted by Crippen LogP contribution is 2.26. The van der Waals surface area contributed by atoms with Gasteiger partial charge in [-0.15, -0.1) is 0 Å². The molecule has 1 saturated heterocycles. The van der Waals surface area contributed by atoms with Crippen LogP contribution in [0.2, 0.25) is 0 Å². The third-order valence-electron chi connectivity index (χ3n) is 4.62. The van der Waals surface area contributed by atoms with E-state index in [9.17, 15) is 4.79 Å². The summed E-state index contributed by atoms with van der Waals surface area (Å²) < 4.78 is 0. The number of carbonyl (C=O) groups excluding carboxylic acids is 1. The summed E-state index contributed by atoms with van der Waals surface area (Å²) in [5, 5.41) is 0. The molecule has 1 heterocycles. The Morgan fingerprint density at radius 2 is 2.11 bits per heavy atom. The molecule has 0 aromatic heterocycles. The third kappa shape index (κ3) is 3.04. The molecule has 104 valence electrons. The maximum absolute atomic E-state index is 12.5. The number of nitrogens with two attached hydrogens (primary N) is 1. The van der Waals surface area contributed by atoms with Gasteiger partial charge in [0, 0.05) is 37.6 Å². The molecule has 1 amide bonds. The van der Waals surface area contributed by atoms with Crippen LogP contribution in [0.4, 0.5) is 0 Å². The fourth-order valence-corrected chi connectivity index (χ4v) is 3.30. The highest BCUT2D eigenvalue weighted by Gasteiger charge is 2.32. The highest BCUT2D eigenvalue weighted by molar-refractivity contribution is 5.79. The van der Waals surface area contributed by atoms with Crippen LogP contribution in [0.15, 0.2) is 0 Å². The summed E-state index contributed by atoms with van der Waals surface area (Å²) in [4.78, 5) is 17.0. The van der Waals surface area contributed by atoms with Gasteiger partial charge in [0.1, 0.15) is 0 Å². The Kier molecular flexibility index (Phi) is 4.62. The Morgan fingerprint density at radius 1 is 1.33 bits per heavy atom. The molecule has 2 aliphatic rings. The van der Waals surface area contributed by atoms with Gasteiger partial charge in [0.15, 0.2) is 0 Å². The minimum Gasteiger partial charge on any atom is -0.340 e. The zero-order chi connectivity index (χ0) is 13.1. The Labute approximate surface area is 110 Å². The van der Waals surface area contributed by atoms with Gasteiger partial charge in [0.2, 0.25) is 5.91 Å². The Balaban J connectivity index is 1.92. The smallest absolute Gasteiger partial charge is 0.225 e. The van der Waals surface area contributed by atoms with Crippen LogP contribution in [0.3, 0.4) is 0 Å². The van der Waals surface area contributed by atoms with Crippen LogP contribution >= 0.6 is 0 Å². The lowest BCUT2D eigenvalue weighted by Gasteiger charge is -2.41. The van der Waals surface area contributed by atoms with Crippen molar-refractivity contribution in [2.45, 2.75) is 51.1 Å². The van der Waals surface area contributed by atoms with Gasteiger partial charge in [-0.3, -0.25) is 9.69 Å². The van der Waals surface area contributed by atoms with E-state index in [0.29, 0.717) is 11.9 Å². The van der Waals surface area contributed by atoms with Crippen molar-refractivity contribution in [2.75, 3.05) is 26.7 Å². The minimum atomic E-state index is 0.190. The van der Waals surface area contributed by atoms with Gasteiger partial charge in [-0.2, -0.15) is 0 Å². The number of carbonyl (C=O) groups is 1. The Hall–Kier alpha value is -0.610. The maximum atomic E-state index is 12.5. The van der Waals surface area contributed by atoms with E-state index in [1.165, 1.54) is 0 Å². The van der Waals surface area contributed by atoms with E-state index in [-0.39, 0.29) is 12.0 Å². The van der Waals surface area contributed by atoms with Crippen molar-refractivity contribution in [3.8, 4) is 0 Å². The van der Waals surface area contributed by atoms with Crippen LogP contribution in [-0.4, -0.2) is 54.5 Å². The Bertz CT molecular complexity index is 295. The number of amides is 1. The second-order valence-electron chi connectivity index (χ2n) is 5.95. The molecule has 1 aliphatic carbocycles. The number of hydrogen-bond acceptors (Lipinski definition) is 3. The van der Waals surface area contributed by atoms with E-state index in [1.807, 2.05) is 0 Å². The summed E-state index contributed by atoms with van der Waals surface area (Å²) in [6.07, 6.45) is 5.24. The molecule has 4 nitrogen and oxygen atoms in total. The van der Waals surface area contributed by atoms with Crippen molar-refractivity contribution in [1.29, 1.82) is 0 Å². The summed E-state index contributed by atoms with van der Waals surface area (Å²) in [7, 11) is 2.16. The monoisotopic (exact) mass is 253 g/mol. The summed E-state index contributed by atoms with van der Waals surface area (Å²) in [6.45, 7) is 4.99. The fraction of sp³-hybridized carbons (Fsp3) is 0.929. The van der Waals surface area contributed by atoms with Gasteiger partial charge in [-0.1, -0.05) is 13.3 Å². The number of nitrogens with zero attached hydrogens (tertiary/aromatic N) is 2. The van der Waals surface area contributed by atoms with Gasteiger partial charge in [-0.05, 0) is 32.7 Å². The first-order chi connectivity index (χ1) is 8.61. The average molecular weight is 253 g/mol. The molecular formula is C14H27N3O. The maximum Gasteiger partial charge on any atom is 0.225 e. The lowest BCUT2D eigenvalue weighted by atomic mass is 9.85. The van der Waals surface area contributed by atoms with Gasteiger partial charge < -0.3 is 10.6 Å². The standard InChI is InChI=1S/C14H27N3O/c1-3-13-10-17(8-7-16(13)2)14(18)11-5-4-6-12(15)9-11/h11-13H,3-10,15H2,1-2H3. The van der Waals surface area contributed by atoms with Crippen LogP contribution in [0.1, 0.15) is 39.0 Å². The molecule has 4 heteroatoms. The van der Waals surface area contributed by atoms with Gasteiger partial charge >= 0.3 is 0 Å². The SMILES string of the molecule is CCC1CN(C(=O)C2CCCC(N)C2)CCN1C. The van der Waals surface area contributed by atoms with Crippen molar-refractivity contribution < 1.29 is 4.79 Å². The van der Waals surface area contributed by atoms with Crippen LogP contribution in [0.5, 0.6) is 0 Å². The summed E-state index contributed by atoms with van der Waals surface area (Å²) in [5.74, 6) is 0.548. The normalized spacial score (nSPS) is 34.6. The van der Waals surface area contributed by atoms with Crippen molar-refractivity contribution in [3.63, 3.8) is 0 Å².